The predicted octanol–water partition coefficient (Wildman–Crippen LogP) is 4.19. The molecule has 0 amide bonds. The van der Waals surface area contributed by atoms with Crippen molar-refractivity contribution in [2.45, 2.75) is 0 Å². The summed E-state index contributed by atoms with van der Waals surface area (Å²) in [6, 6.07) is 9.99. The number of non-ortho nitro benzene ring substituents is 1. The lowest BCUT2D eigenvalue weighted by molar-refractivity contribution is -0.384. The highest BCUT2D eigenvalue weighted by Crippen LogP contribution is 2.22. The highest BCUT2D eigenvalue weighted by Gasteiger charge is 2.13. The van der Waals surface area contributed by atoms with E-state index in [1.165, 1.54) is 41.2 Å². The van der Waals surface area contributed by atoms with Crippen LogP contribution in [0, 0.1) is 20.7 Å². The number of hydrogen-bond acceptors (Lipinski definition) is 5. The fourth-order valence-electron chi connectivity index (χ4n) is 2.08. The minimum Gasteiger partial charge on any atom is -0.258 e. The topological polar surface area (TPSA) is 89.1 Å². The van der Waals surface area contributed by atoms with Crippen molar-refractivity contribution in [2.75, 3.05) is 0 Å². The SMILES string of the molecule is O=[N+]([O-])c1ccc(Cl)c(/C=N\n2c(-c3ccccc3F)n[nH]c2=S)c1. The van der Waals surface area contributed by atoms with Gasteiger partial charge >= 0.3 is 0 Å². The van der Waals surface area contributed by atoms with E-state index in [0.717, 1.165) is 0 Å². The third-order valence-corrected chi connectivity index (χ3v) is 3.88. The lowest BCUT2D eigenvalue weighted by Gasteiger charge is -2.02. The highest BCUT2D eigenvalue weighted by molar-refractivity contribution is 7.71. The number of nitro groups is 1. The Morgan fingerprint density at radius 1 is 1.36 bits per heavy atom. The summed E-state index contributed by atoms with van der Waals surface area (Å²) in [5.74, 6) is -0.317. The van der Waals surface area contributed by atoms with Crippen molar-refractivity contribution in [2.24, 2.45) is 5.10 Å². The molecule has 0 atom stereocenters. The molecule has 25 heavy (non-hydrogen) atoms. The molecule has 1 heterocycles. The summed E-state index contributed by atoms with van der Waals surface area (Å²) in [5.41, 5.74) is 0.395. The van der Waals surface area contributed by atoms with E-state index in [0.29, 0.717) is 5.56 Å². The molecule has 7 nitrogen and oxygen atoms in total. The fraction of sp³-hybridized carbons (Fsp3) is 0. The summed E-state index contributed by atoms with van der Waals surface area (Å²) in [4.78, 5) is 10.3. The number of nitrogens with one attached hydrogen (secondary N) is 1. The van der Waals surface area contributed by atoms with Crippen LogP contribution in [0.1, 0.15) is 5.56 Å². The van der Waals surface area contributed by atoms with Crippen LogP contribution in [-0.2, 0) is 0 Å². The molecule has 0 aliphatic carbocycles. The number of aromatic amines is 1. The van der Waals surface area contributed by atoms with Gasteiger partial charge in [0, 0.05) is 22.7 Å². The summed E-state index contributed by atoms with van der Waals surface area (Å²) in [6.07, 6.45) is 1.30. The predicted molar refractivity (Wildman–Crippen MR) is 93.9 cm³/mol. The van der Waals surface area contributed by atoms with Gasteiger partial charge in [0.25, 0.3) is 5.69 Å². The molecule has 3 rings (SSSR count). The third-order valence-electron chi connectivity index (χ3n) is 3.27. The first-order chi connectivity index (χ1) is 12.0. The molecule has 0 radical (unpaired) electrons. The van der Waals surface area contributed by atoms with Gasteiger partial charge in [0.1, 0.15) is 5.82 Å². The van der Waals surface area contributed by atoms with Gasteiger partial charge < -0.3 is 0 Å². The third kappa shape index (κ3) is 3.47. The van der Waals surface area contributed by atoms with Crippen LogP contribution in [0.3, 0.4) is 0 Å². The zero-order valence-corrected chi connectivity index (χ0v) is 14.0. The molecule has 0 saturated carbocycles. The van der Waals surface area contributed by atoms with E-state index in [2.05, 4.69) is 15.3 Å². The molecule has 3 aromatic rings. The van der Waals surface area contributed by atoms with Gasteiger partial charge in [-0.2, -0.15) is 14.9 Å². The first-order valence-electron chi connectivity index (χ1n) is 6.88. The van der Waals surface area contributed by atoms with Crippen molar-refractivity contribution < 1.29 is 9.31 Å². The van der Waals surface area contributed by atoms with Crippen LogP contribution in [-0.4, -0.2) is 26.0 Å². The molecule has 0 unspecified atom stereocenters. The van der Waals surface area contributed by atoms with Gasteiger partial charge in [0.05, 0.1) is 16.7 Å². The smallest absolute Gasteiger partial charge is 0.258 e. The minimum absolute atomic E-state index is 0.129. The molecular formula is C15H9ClFN5O2S. The van der Waals surface area contributed by atoms with Crippen LogP contribution in [0.2, 0.25) is 5.02 Å². The first kappa shape index (κ1) is 16.9. The molecule has 1 N–H and O–H groups in total. The van der Waals surface area contributed by atoms with E-state index >= 15 is 0 Å². The number of benzene rings is 2. The number of rotatable bonds is 4. The van der Waals surface area contributed by atoms with Gasteiger partial charge in [-0.15, -0.1) is 0 Å². The number of H-pyrrole nitrogens is 1. The van der Waals surface area contributed by atoms with Crippen molar-refractivity contribution in [3.63, 3.8) is 0 Å². The van der Waals surface area contributed by atoms with Gasteiger partial charge in [-0.05, 0) is 30.4 Å². The molecule has 0 spiro atoms. The number of aromatic nitrogens is 3. The zero-order chi connectivity index (χ0) is 18.0. The molecule has 10 heteroatoms. The second-order valence-electron chi connectivity index (χ2n) is 4.85. The maximum Gasteiger partial charge on any atom is 0.270 e. The molecule has 2 aromatic carbocycles. The van der Waals surface area contributed by atoms with Crippen LogP contribution >= 0.6 is 23.8 Å². The van der Waals surface area contributed by atoms with Gasteiger partial charge in [0.2, 0.25) is 4.77 Å². The Balaban J connectivity index is 2.05. The van der Waals surface area contributed by atoms with Gasteiger partial charge in [0.15, 0.2) is 5.82 Å². The second kappa shape index (κ2) is 6.91. The maximum absolute atomic E-state index is 14.0. The Labute approximate surface area is 150 Å². The summed E-state index contributed by atoms with van der Waals surface area (Å²) >= 11 is 11.1. The quantitative estimate of drug-likeness (QED) is 0.319. The van der Waals surface area contributed by atoms with Crippen molar-refractivity contribution in [1.82, 2.24) is 14.9 Å². The van der Waals surface area contributed by atoms with Gasteiger partial charge in [-0.3, -0.25) is 10.1 Å². The maximum atomic E-state index is 14.0. The summed E-state index contributed by atoms with van der Waals surface area (Å²) in [6.45, 7) is 0. The van der Waals surface area contributed by atoms with Gasteiger partial charge in [-0.25, -0.2) is 9.49 Å². The molecule has 0 bridgehead atoms. The Bertz CT molecular complexity index is 1050. The Morgan fingerprint density at radius 3 is 2.84 bits per heavy atom. The van der Waals surface area contributed by atoms with E-state index in [-0.39, 0.29) is 26.9 Å². The monoisotopic (exact) mass is 377 g/mol. The summed E-state index contributed by atoms with van der Waals surface area (Å²) in [7, 11) is 0. The van der Waals surface area contributed by atoms with E-state index in [9.17, 15) is 14.5 Å². The Kier molecular flexibility index (Phi) is 4.68. The Hall–Kier alpha value is -2.91. The highest BCUT2D eigenvalue weighted by atomic mass is 35.5. The Morgan fingerprint density at radius 2 is 2.12 bits per heavy atom. The fourth-order valence-corrected chi connectivity index (χ4v) is 2.42. The largest absolute Gasteiger partial charge is 0.270 e. The minimum atomic E-state index is -0.540. The first-order valence-corrected chi connectivity index (χ1v) is 7.66. The van der Waals surface area contributed by atoms with Crippen molar-refractivity contribution in [3.05, 3.63) is 73.8 Å². The van der Waals surface area contributed by atoms with Crippen LogP contribution in [0.5, 0.6) is 0 Å². The molecule has 1 aromatic heterocycles. The zero-order valence-electron chi connectivity index (χ0n) is 12.4. The number of hydrogen-bond donors (Lipinski definition) is 1. The number of nitro benzene ring substituents is 1. The molecule has 0 aliphatic heterocycles. The van der Waals surface area contributed by atoms with Crippen molar-refractivity contribution >= 4 is 35.7 Å². The lowest BCUT2D eigenvalue weighted by Crippen LogP contribution is -1.97. The van der Waals surface area contributed by atoms with E-state index < -0.39 is 10.7 Å². The molecule has 0 fully saturated rings. The standard InChI is InChI=1S/C15H9ClFN5O2S/c16-12-6-5-10(22(23)24)7-9(12)8-18-21-14(19-20-15(21)25)11-3-1-2-4-13(11)17/h1-8H,(H,20,25)/b18-8-. The van der Waals surface area contributed by atoms with Crippen LogP contribution in [0.25, 0.3) is 11.4 Å². The average molecular weight is 378 g/mol. The van der Waals surface area contributed by atoms with Crippen LogP contribution in [0.15, 0.2) is 47.6 Å². The van der Waals surface area contributed by atoms with Crippen LogP contribution < -0.4 is 0 Å². The van der Waals surface area contributed by atoms with E-state index in [1.807, 2.05) is 0 Å². The van der Waals surface area contributed by atoms with Crippen molar-refractivity contribution in [1.29, 1.82) is 0 Å². The molecule has 0 saturated heterocycles. The number of halogens is 2. The summed E-state index contributed by atoms with van der Waals surface area (Å²) in [5, 5.41) is 21.8. The summed E-state index contributed by atoms with van der Waals surface area (Å²) < 4.78 is 15.3. The lowest BCUT2D eigenvalue weighted by atomic mass is 10.2. The van der Waals surface area contributed by atoms with Gasteiger partial charge in [-0.1, -0.05) is 23.7 Å². The molecular weight excluding hydrogens is 369 g/mol. The normalized spacial score (nSPS) is 11.1. The van der Waals surface area contributed by atoms with Crippen molar-refractivity contribution in [3.8, 4) is 11.4 Å². The molecule has 0 aliphatic rings. The van der Waals surface area contributed by atoms with E-state index in [4.69, 9.17) is 23.8 Å². The van der Waals surface area contributed by atoms with E-state index in [1.54, 1.807) is 12.1 Å². The van der Waals surface area contributed by atoms with Crippen LogP contribution in [0.4, 0.5) is 10.1 Å². The molecule has 126 valence electrons. The number of nitrogens with zero attached hydrogens (tertiary/aromatic N) is 4. The average Bonchev–Trinajstić information content (AvgIpc) is 2.95. The second-order valence-corrected chi connectivity index (χ2v) is 5.65.